The molecule has 8 heteroatoms. The molecular weight excluding hydrogens is 426 g/mol. The zero-order chi connectivity index (χ0) is 22.1. The molecule has 1 amide bonds. The van der Waals surface area contributed by atoms with Crippen molar-refractivity contribution in [3.05, 3.63) is 83.3 Å². The summed E-state index contributed by atoms with van der Waals surface area (Å²) in [5, 5.41) is 0.464. The highest BCUT2D eigenvalue weighted by Crippen LogP contribution is 2.34. The molecule has 1 N–H and O–H groups in total. The molecule has 5 rings (SSSR count). The molecule has 7 nitrogen and oxygen atoms in total. The van der Waals surface area contributed by atoms with Crippen LogP contribution in [-0.2, 0) is 4.79 Å². The lowest BCUT2D eigenvalue weighted by molar-refractivity contribution is -0.113. The number of hydrogen-bond acceptors (Lipinski definition) is 6. The minimum atomic E-state index is -0.249. The summed E-state index contributed by atoms with van der Waals surface area (Å²) >= 11 is 1.24. The van der Waals surface area contributed by atoms with Crippen molar-refractivity contribution in [2.24, 2.45) is 4.99 Å². The lowest BCUT2D eigenvalue weighted by atomic mass is 10.1. The monoisotopic (exact) mass is 445 g/mol. The fourth-order valence-corrected chi connectivity index (χ4v) is 4.28. The summed E-state index contributed by atoms with van der Waals surface area (Å²) in [5.74, 6) is 1.16. The molecule has 32 heavy (non-hydrogen) atoms. The zero-order valence-corrected chi connectivity index (χ0v) is 18.0. The largest absolute Gasteiger partial charge is 0.454 e. The van der Waals surface area contributed by atoms with E-state index in [1.165, 1.54) is 11.8 Å². The second-order valence-corrected chi connectivity index (χ2v) is 8.25. The number of aromatic nitrogens is 1. The average molecular weight is 446 g/mol. The average Bonchev–Trinajstić information content (AvgIpc) is 3.54. The molecule has 0 radical (unpaired) electrons. The molecule has 0 bridgehead atoms. The fraction of sp³-hybridized carbons (Fsp3) is 0.125. The number of amidine groups is 1. The first-order chi connectivity index (χ1) is 15.6. The van der Waals surface area contributed by atoms with Gasteiger partial charge in [-0.25, -0.2) is 4.99 Å². The number of carbonyl (C=O) groups is 2. The smallest absolute Gasteiger partial charge is 0.283 e. The number of nitrogens with zero attached hydrogens (tertiary/aromatic N) is 2. The van der Waals surface area contributed by atoms with E-state index in [1.54, 1.807) is 35.4 Å². The van der Waals surface area contributed by atoms with Gasteiger partial charge in [-0.3, -0.25) is 14.5 Å². The molecule has 0 fully saturated rings. The van der Waals surface area contributed by atoms with Crippen molar-refractivity contribution in [3.8, 4) is 11.5 Å². The Morgan fingerprint density at radius 2 is 1.97 bits per heavy atom. The highest BCUT2D eigenvalue weighted by atomic mass is 32.2. The molecule has 2 aliphatic rings. The highest BCUT2D eigenvalue weighted by Gasteiger charge is 2.32. The number of Topliss-reactive ketones (excluding diaryl/α,β-unsaturated/α-hetero) is 1. The van der Waals surface area contributed by atoms with Crippen LogP contribution in [0.25, 0.3) is 6.08 Å². The van der Waals surface area contributed by atoms with E-state index in [9.17, 15) is 9.59 Å². The minimum Gasteiger partial charge on any atom is -0.454 e. The fourth-order valence-electron chi connectivity index (χ4n) is 3.39. The van der Waals surface area contributed by atoms with Crippen LogP contribution >= 0.6 is 11.8 Å². The highest BCUT2D eigenvalue weighted by molar-refractivity contribution is 8.14. The van der Waals surface area contributed by atoms with Crippen LogP contribution in [0, 0.1) is 6.92 Å². The van der Waals surface area contributed by atoms with Gasteiger partial charge in [-0.15, -0.1) is 0 Å². The van der Waals surface area contributed by atoms with E-state index in [4.69, 9.17) is 9.47 Å². The van der Waals surface area contributed by atoms with Gasteiger partial charge < -0.3 is 14.5 Å². The summed E-state index contributed by atoms with van der Waals surface area (Å²) in [7, 11) is 0. The van der Waals surface area contributed by atoms with Gasteiger partial charge in [-0.2, -0.15) is 0 Å². The predicted octanol–water partition coefficient (Wildman–Crippen LogP) is 4.41. The molecule has 0 atom stereocenters. The number of aromatic amines is 1. The minimum absolute atomic E-state index is 0.0628. The Morgan fingerprint density at radius 1 is 1.16 bits per heavy atom. The number of hydrogen-bond donors (Lipinski definition) is 1. The molecule has 0 unspecified atom stereocenters. The van der Waals surface area contributed by atoms with Gasteiger partial charge in [0.15, 0.2) is 22.4 Å². The van der Waals surface area contributed by atoms with Crippen molar-refractivity contribution in [2.45, 2.75) is 6.92 Å². The molecule has 0 saturated heterocycles. The third-order valence-electron chi connectivity index (χ3n) is 5.05. The summed E-state index contributed by atoms with van der Waals surface area (Å²) in [6.45, 7) is 2.17. The Balaban J connectivity index is 1.45. The summed E-state index contributed by atoms with van der Waals surface area (Å²) < 4.78 is 10.8. The second kappa shape index (κ2) is 8.39. The van der Waals surface area contributed by atoms with Crippen molar-refractivity contribution < 1.29 is 19.1 Å². The number of nitrogens with one attached hydrogen (secondary N) is 1. The number of ether oxygens (including phenoxy) is 2. The Labute approximate surface area is 188 Å². The molecule has 3 aromatic rings. The first-order valence-corrected chi connectivity index (χ1v) is 11.0. The van der Waals surface area contributed by atoms with Gasteiger partial charge in [0.1, 0.15) is 5.70 Å². The molecule has 0 saturated carbocycles. The summed E-state index contributed by atoms with van der Waals surface area (Å²) in [5.41, 5.74) is 3.39. The predicted molar refractivity (Wildman–Crippen MR) is 124 cm³/mol. The molecule has 1 aromatic heterocycles. The van der Waals surface area contributed by atoms with E-state index >= 15 is 0 Å². The number of fused-ring (bicyclic) bond motifs is 1. The van der Waals surface area contributed by atoms with Gasteiger partial charge in [0.25, 0.3) is 5.91 Å². The van der Waals surface area contributed by atoms with Crippen LogP contribution in [0.3, 0.4) is 0 Å². The molecule has 2 aliphatic heterocycles. The van der Waals surface area contributed by atoms with Gasteiger partial charge >= 0.3 is 0 Å². The van der Waals surface area contributed by atoms with E-state index in [0.717, 1.165) is 11.1 Å². The number of aliphatic imine (C=N–C) groups is 1. The number of thioether (sulfide) groups is 1. The maximum atomic E-state index is 13.3. The van der Waals surface area contributed by atoms with Crippen LogP contribution in [0.4, 0.5) is 5.69 Å². The molecule has 2 aromatic carbocycles. The van der Waals surface area contributed by atoms with Gasteiger partial charge in [-0.1, -0.05) is 35.5 Å². The number of ketones is 1. The molecule has 3 heterocycles. The van der Waals surface area contributed by atoms with E-state index in [2.05, 4.69) is 9.98 Å². The van der Waals surface area contributed by atoms with Crippen LogP contribution in [0.15, 0.2) is 71.5 Å². The lowest BCUT2D eigenvalue weighted by Crippen LogP contribution is -2.30. The van der Waals surface area contributed by atoms with Crippen molar-refractivity contribution in [2.75, 3.05) is 17.4 Å². The van der Waals surface area contributed by atoms with Gasteiger partial charge in [-0.05, 0) is 55.0 Å². The SMILES string of the molecule is Cc1ccc(N2C(=O)C(=Cc3ccc4c(c3)OCO4)N=C2SCC(=O)c2ccc[nH]2)cc1. The molecule has 160 valence electrons. The third-order valence-corrected chi connectivity index (χ3v) is 5.99. The topological polar surface area (TPSA) is 84.0 Å². The van der Waals surface area contributed by atoms with Crippen LogP contribution in [0.5, 0.6) is 11.5 Å². The zero-order valence-electron chi connectivity index (χ0n) is 17.2. The van der Waals surface area contributed by atoms with Gasteiger partial charge in [0.05, 0.1) is 17.1 Å². The van der Waals surface area contributed by atoms with Crippen LogP contribution in [-0.4, -0.2) is 34.4 Å². The van der Waals surface area contributed by atoms with E-state index < -0.39 is 0 Å². The van der Waals surface area contributed by atoms with E-state index in [1.807, 2.05) is 43.3 Å². The second-order valence-electron chi connectivity index (χ2n) is 7.31. The maximum Gasteiger partial charge on any atom is 0.283 e. The molecule has 0 aliphatic carbocycles. The Hall–Kier alpha value is -3.78. The number of anilines is 1. The number of H-pyrrole nitrogens is 1. The summed E-state index contributed by atoms with van der Waals surface area (Å²) in [6, 6.07) is 16.6. The maximum absolute atomic E-state index is 13.3. The van der Waals surface area contributed by atoms with E-state index in [0.29, 0.717) is 33.7 Å². The van der Waals surface area contributed by atoms with Crippen LogP contribution in [0.2, 0.25) is 0 Å². The normalized spacial score (nSPS) is 16.0. The quantitative estimate of drug-likeness (QED) is 0.465. The van der Waals surface area contributed by atoms with Crippen LogP contribution in [0.1, 0.15) is 21.6 Å². The first kappa shape index (κ1) is 20.1. The Morgan fingerprint density at radius 3 is 2.75 bits per heavy atom. The van der Waals surface area contributed by atoms with Crippen LogP contribution < -0.4 is 14.4 Å². The summed E-state index contributed by atoms with van der Waals surface area (Å²) in [4.78, 5) is 34.8. The third kappa shape index (κ3) is 3.92. The number of aryl methyl sites for hydroxylation is 1. The van der Waals surface area contributed by atoms with Gasteiger partial charge in [0.2, 0.25) is 6.79 Å². The number of amides is 1. The standard InChI is InChI=1S/C24H19N3O4S/c1-15-4-7-17(8-5-15)27-23(29)19(11-16-6-9-21-22(12-16)31-14-30-21)26-24(27)32-13-20(28)18-3-2-10-25-18/h2-12,25H,13-14H2,1H3. The number of benzene rings is 2. The van der Waals surface area contributed by atoms with E-state index in [-0.39, 0.29) is 24.2 Å². The molecular formula is C24H19N3O4S. The summed E-state index contributed by atoms with van der Waals surface area (Å²) in [6.07, 6.45) is 3.42. The number of carbonyl (C=O) groups excluding carboxylic acids is 2. The van der Waals surface area contributed by atoms with Crippen molar-refractivity contribution >= 4 is 40.4 Å². The molecule has 0 spiro atoms. The van der Waals surface area contributed by atoms with Crippen molar-refractivity contribution in [1.82, 2.24) is 4.98 Å². The first-order valence-electron chi connectivity index (χ1n) is 9.99. The Kier molecular flexibility index (Phi) is 5.28. The van der Waals surface area contributed by atoms with Crippen molar-refractivity contribution in [1.29, 1.82) is 0 Å². The lowest BCUT2D eigenvalue weighted by Gasteiger charge is -2.17. The van der Waals surface area contributed by atoms with Gasteiger partial charge in [0, 0.05) is 6.20 Å². The number of rotatable bonds is 5. The Bertz CT molecular complexity index is 1250. The van der Waals surface area contributed by atoms with Crippen molar-refractivity contribution in [3.63, 3.8) is 0 Å².